The van der Waals surface area contributed by atoms with Crippen molar-refractivity contribution >= 4 is 11.6 Å². The van der Waals surface area contributed by atoms with Gasteiger partial charge in [-0.25, -0.2) is 4.39 Å². The van der Waals surface area contributed by atoms with Crippen LogP contribution in [0, 0.1) is 11.2 Å². The van der Waals surface area contributed by atoms with Gasteiger partial charge in [0.15, 0.2) is 5.96 Å². The van der Waals surface area contributed by atoms with E-state index >= 15 is 0 Å². The first-order valence-electron chi connectivity index (χ1n) is 7.78. The molecule has 0 bridgehead atoms. The van der Waals surface area contributed by atoms with Crippen molar-refractivity contribution in [2.24, 2.45) is 16.1 Å². The molecule has 1 saturated carbocycles. The molecule has 3 nitrogen and oxygen atoms in total. The maximum absolute atomic E-state index is 13.6. The van der Waals surface area contributed by atoms with E-state index in [1.165, 1.54) is 18.9 Å². The molecule has 1 atom stereocenters. The van der Waals surface area contributed by atoms with Crippen molar-refractivity contribution in [1.29, 1.82) is 0 Å². The van der Waals surface area contributed by atoms with Gasteiger partial charge < -0.3 is 10.6 Å². The van der Waals surface area contributed by atoms with Gasteiger partial charge in [-0.15, -0.1) is 0 Å². The molecule has 2 aliphatic rings. The average Bonchev–Trinajstić information content (AvgIpc) is 2.65. The van der Waals surface area contributed by atoms with Gasteiger partial charge in [-0.3, -0.25) is 4.99 Å². The van der Waals surface area contributed by atoms with Gasteiger partial charge in [-0.1, -0.05) is 26.3 Å². The fourth-order valence-electron chi connectivity index (χ4n) is 3.73. The van der Waals surface area contributed by atoms with Crippen molar-refractivity contribution in [2.75, 3.05) is 11.4 Å². The lowest BCUT2D eigenvalue weighted by Crippen LogP contribution is -2.52. The van der Waals surface area contributed by atoms with Crippen LogP contribution in [0.2, 0.25) is 0 Å². The average molecular weight is 289 g/mol. The highest BCUT2D eigenvalue weighted by molar-refractivity contribution is 5.98. The quantitative estimate of drug-likeness (QED) is 0.856. The van der Waals surface area contributed by atoms with Crippen LogP contribution in [0.15, 0.2) is 29.3 Å². The molecule has 21 heavy (non-hydrogen) atoms. The summed E-state index contributed by atoms with van der Waals surface area (Å²) < 4.78 is 13.6. The minimum absolute atomic E-state index is 0.0638. The molecule has 114 valence electrons. The molecule has 2 N–H and O–H groups in total. The van der Waals surface area contributed by atoms with E-state index in [1.807, 2.05) is 6.07 Å². The number of anilines is 1. The van der Waals surface area contributed by atoms with Crippen molar-refractivity contribution < 1.29 is 4.39 Å². The molecule has 0 saturated heterocycles. The second-order valence-electron chi connectivity index (χ2n) is 7.23. The number of guanidine groups is 1. The van der Waals surface area contributed by atoms with Gasteiger partial charge in [0.25, 0.3) is 0 Å². The van der Waals surface area contributed by atoms with Gasteiger partial charge in [0.2, 0.25) is 0 Å². The van der Waals surface area contributed by atoms with Crippen molar-refractivity contribution in [3.63, 3.8) is 0 Å². The van der Waals surface area contributed by atoms with Crippen LogP contribution in [0.1, 0.15) is 46.0 Å². The lowest BCUT2D eigenvalue weighted by molar-refractivity contribution is 0.302. The van der Waals surface area contributed by atoms with E-state index in [-0.39, 0.29) is 11.4 Å². The maximum atomic E-state index is 13.6. The molecule has 1 heterocycles. The largest absolute Gasteiger partial charge is 0.369 e. The minimum Gasteiger partial charge on any atom is -0.369 e. The standard InChI is InChI=1S/C17H24FN3/c1-16(2)7-4-8-17(10-9-16)12-20-15(19)21(17)14-6-3-5-13(18)11-14/h3,5-6,11H,4,7-10,12H2,1-2H3,(H2,19,20). The Bertz CT molecular complexity index is 567. The highest BCUT2D eigenvalue weighted by Crippen LogP contribution is 2.44. The minimum atomic E-state index is -0.226. The van der Waals surface area contributed by atoms with Gasteiger partial charge in [0, 0.05) is 5.69 Å². The number of hydrogen-bond acceptors (Lipinski definition) is 3. The summed E-state index contributed by atoms with van der Waals surface area (Å²) in [5.41, 5.74) is 7.27. The molecular weight excluding hydrogens is 265 g/mol. The number of benzene rings is 1. The lowest BCUT2D eigenvalue weighted by atomic mass is 9.83. The van der Waals surface area contributed by atoms with Crippen LogP contribution in [0.4, 0.5) is 10.1 Å². The molecule has 1 aliphatic heterocycles. The highest BCUT2D eigenvalue weighted by Gasteiger charge is 2.45. The normalized spacial score (nSPS) is 28.5. The predicted molar refractivity (Wildman–Crippen MR) is 85.0 cm³/mol. The first kappa shape index (κ1) is 14.4. The van der Waals surface area contributed by atoms with E-state index in [1.54, 1.807) is 12.1 Å². The van der Waals surface area contributed by atoms with Crippen molar-refractivity contribution in [3.05, 3.63) is 30.1 Å². The van der Waals surface area contributed by atoms with Crippen molar-refractivity contribution in [1.82, 2.24) is 0 Å². The fourth-order valence-corrected chi connectivity index (χ4v) is 3.73. The second-order valence-corrected chi connectivity index (χ2v) is 7.23. The Morgan fingerprint density at radius 2 is 2.00 bits per heavy atom. The fraction of sp³-hybridized carbons (Fsp3) is 0.588. The molecule has 0 radical (unpaired) electrons. The van der Waals surface area contributed by atoms with Gasteiger partial charge in [-0.05, 0) is 49.3 Å². The van der Waals surface area contributed by atoms with E-state index in [0.29, 0.717) is 11.4 Å². The Kier molecular flexibility index (Phi) is 3.42. The van der Waals surface area contributed by atoms with E-state index in [2.05, 4.69) is 23.7 Å². The predicted octanol–water partition coefficient (Wildman–Crippen LogP) is 3.69. The number of hydrogen-bond donors (Lipinski definition) is 1. The van der Waals surface area contributed by atoms with E-state index in [4.69, 9.17) is 5.73 Å². The summed E-state index contributed by atoms with van der Waals surface area (Å²) in [6.07, 6.45) is 5.67. The zero-order valence-electron chi connectivity index (χ0n) is 12.9. The summed E-state index contributed by atoms with van der Waals surface area (Å²) >= 11 is 0. The van der Waals surface area contributed by atoms with Gasteiger partial charge >= 0.3 is 0 Å². The summed E-state index contributed by atoms with van der Waals surface area (Å²) in [5, 5.41) is 0. The number of nitrogens with two attached hydrogens (primary N) is 1. The third-order valence-electron chi connectivity index (χ3n) is 5.07. The summed E-state index contributed by atoms with van der Waals surface area (Å²) in [7, 11) is 0. The van der Waals surface area contributed by atoms with Crippen LogP contribution in [0.25, 0.3) is 0 Å². The highest BCUT2D eigenvalue weighted by atomic mass is 19.1. The monoisotopic (exact) mass is 289 g/mol. The third kappa shape index (κ3) is 2.63. The molecule has 1 aromatic rings. The molecule has 1 fully saturated rings. The summed E-state index contributed by atoms with van der Waals surface area (Å²) in [6, 6.07) is 6.69. The van der Waals surface area contributed by atoms with Gasteiger partial charge in [-0.2, -0.15) is 0 Å². The molecule has 1 unspecified atom stereocenters. The first-order valence-corrected chi connectivity index (χ1v) is 7.78. The van der Waals surface area contributed by atoms with Crippen LogP contribution in [0.5, 0.6) is 0 Å². The van der Waals surface area contributed by atoms with Crippen LogP contribution in [-0.4, -0.2) is 18.0 Å². The molecule has 1 aromatic carbocycles. The zero-order chi connectivity index (χ0) is 15.1. The Morgan fingerprint density at radius 1 is 1.19 bits per heavy atom. The third-order valence-corrected chi connectivity index (χ3v) is 5.07. The molecule has 0 aromatic heterocycles. The lowest BCUT2D eigenvalue weighted by Gasteiger charge is -2.39. The van der Waals surface area contributed by atoms with E-state index in [0.717, 1.165) is 31.5 Å². The van der Waals surface area contributed by atoms with Crippen LogP contribution < -0.4 is 10.6 Å². The molecule has 0 amide bonds. The molecule has 1 aliphatic carbocycles. The zero-order valence-corrected chi connectivity index (χ0v) is 12.9. The van der Waals surface area contributed by atoms with Crippen LogP contribution in [0.3, 0.4) is 0 Å². The topological polar surface area (TPSA) is 41.6 Å². The Morgan fingerprint density at radius 3 is 2.76 bits per heavy atom. The van der Waals surface area contributed by atoms with Crippen molar-refractivity contribution in [2.45, 2.75) is 51.5 Å². The number of halogens is 1. The van der Waals surface area contributed by atoms with E-state index < -0.39 is 0 Å². The van der Waals surface area contributed by atoms with Gasteiger partial charge in [0.1, 0.15) is 5.82 Å². The number of nitrogens with zero attached hydrogens (tertiary/aromatic N) is 2. The Balaban J connectivity index is 1.95. The first-order chi connectivity index (χ1) is 9.92. The Labute approximate surface area is 126 Å². The summed E-state index contributed by atoms with van der Waals surface area (Å²) in [6.45, 7) is 5.39. The summed E-state index contributed by atoms with van der Waals surface area (Å²) in [4.78, 5) is 6.57. The molecule has 3 rings (SSSR count). The smallest absolute Gasteiger partial charge is 0.196 e. The van der Waals surface area contributed by atoms with Crippen LogP contribution >= 0.6 is 0 Å². The van der Waals surface area contributed by atoms with Crippen LogP contribution in [-0.2, 0) is 0 Å². The number of rotatable bonds is 1. The van der Waals surface area contributed by atoms with Crippen molar-refractivity contribution in [3.8, 4) is 0 Å². The Hall–Kier alpha value is -1.58. The maximum Gasteiger partial charge on any atom is 0.196 e. The number of aliphatic imine (C=N–C) groups is 1. The van der Waals surface area contributed by atoms with Gasteiger partial charge in [0.05, 0.1) is 12.1 Å². The molecular formula is C17H24FN3. The molecule has 4 heteroatoms. The summed E-state index contributed by atoms with van der Waals surface area (Å²) in [5.74, 6) is 0.302. The second kappa shape index (κ2) is 5.00. The van der Waals surface area contributed by atoms with E-state index in [9.17, 15) is 4.39 Å². The SMILES string of the molecule is CC1(C)CCCC2(CC1)CN=C(N)N2c1cccc(F)c1. The molecule has 1 spiro atoms.